The summed E-state index contributed by atoms with van der Waals surface area (Å²) in [6.45, 7) is 2.03. The SMILES string of the molecule is CCc1cnc(CSCc2nc(Cc3ccc(F)cc3)no2)o1. The van der Waals surface area contributed by atoms with Gasteiger partial charge in [-0.05, 0) is 17.7 Å². The maximum atomic E-state index is 12.9. The summed E-state index contributed by atoms with van der Waals surface area (Å²) in [7, 11) is 0. The lowest BCUT2D eigenvalue weighted by molar-refractivity contribution is 0.385. The van der Waals surface area contributed by atoms with Gasteiger partial charge in [0.25, 0.3) is 0 Å². The molecule has 0 unspecified atom stereocenters. The second-order valence-electron chi connectivity index (χ2n) is 4.97. The van der Waals surface area contributed by atoms with E-state index in [0.717, 1.165) is 17.7 Å². The minimum Gasteiger partial charge on any atom is -0.445 e. The molecule has 0 saturated heterocycles. The molecule has 7 heteroatoms. The highest BCUT2D eigenvalue weighted by Crippen LogP contribution is 2.18. The van der Waals surface area contributed by atoms with Gasteiger partial charge in [0.05, 0.1) is 17.7 Å². The topological polar surface area (TPSA) is 65.0 Å². The molecule has 0 aliphatic rings. The van der Waals surface area contributed by atoms with Crippen LogP contribution in [0.15, 0.2) is 39.4 Å². The van der Waals surface area contributed by atoms with Crippen LogP contribution in [0.3, 0.4) is 0 Å². The summed E-state index contributed by atoms with van der Waals surface area (Å²) in [5.74, 6) is 3.76. The van der Waals surface area contributed by atoms with Crippen LogP contribution in [0.1, 0.15) is 35.9 Å². The van der Waals surface area contributed by atoms with Gasteiger partial charge in [0.2, 0.25) is 11.8 Å². The number of aryl methyl sites for hydroxylation is 1. The molecule has 3 aromatic rings. The van der Waals surface area contributed by atoms with E-state index in [-0.39, 0.29) is 5.82 Å². The van der Waals surface area contributed by atoms with Gasteiger partial charge in [-0.1, -0.05) is 24.2 Å². The summed E-state index contributed by atoms with van der Waals surface area (Å²) >= 11 is 1.60. The molecule has 3 rings (SSSR count). The third-order valence-electron chi connectivity index (χ3n) is 3.19. The highest BCUT2D eigenvalue weighted by molar-refractivity contribution is 7.97. The number of thioether (sulfide) groups is 1. The van der Waals surface area contributed by atoms with Crippen LogP contribution in [0.2, 0.25) is 0 Å². The molecule has 5 nitrogen and oxygen atoms in total. The van der Waals surface area contributed by atoms with Gasteiger partial charge in [0.15, 0.2) is 5.82 Å². The number of hydrogen-bond donors (Lipinski definition) is 0. The van der Waals surface area contributed by atoms with E-state index in [1.54, 1.807) is 30.1 Å². The minimum absolute atomic E-state index is 0.253. The van der Waals surface area contributed by atoms with Crippen LogP contribution in [-0.2, 0) is 24.3 Å². The average Bonchev–Trinajstić information content (AvgIpc) is 3.19. The normalized spacial score (nSPS) is 11.0. The van der Waals surface area contributed by atoms with E-state index in [1.807, 2.05) is 6.92 Å². The smallest absolute Gasteiger partial charge is 0.236 e. The van der Waals surface area contributed by atoms with Gasteiger partial charge in [0, 0.05) is 12.8 Å². The molecule has 0 N–H and O–H groups in total. The molecule has 0 radical (unpaired) electrons. The number of benzene rings is 1. The van der Waals surface area contributed by atoms with Crippen molar-refractivity contribution in [3.05, 3.63) is 65.2 Å². The summed E-state index contributed by atoms with van der Waals surface area (Å²) in [6, 6.07) is 6.28. The first-order valence-corrected chi connectivity index (χ1v) is 8.45. The maximum absolute atomic E-state index is 12.9. The van der Waals surface area contributed by atoms with Crippen molar-refractivity contribution in [2.75, 3.05) is 0 Å². The zero-order chi connectivity index (χ0) is 16.1. The van der Waals surface area contributed by atoms with Gasteiger partial charge in [-0.2, -0.15) is 4.98 Å². The standard InChI is InChI=1S/C16H16FN3O2S/c1-2-13-8-18-15(21-13)9-23-10-16-19-14(20-22-16)7-11-3-5-12(17)6-4-11/h3-6,8H,2,7,9-10H2,1H3. The quantitative estimate of drug-likeness (QED) is 0.655. The fraction of sp³-hybridized carbons (Fsp3) is 0.312. The summed E-state index contributed by atoms with van der Waals surface area (Å²) in [6.07, 6.45) is 3.12. The Morgan fingerprint density at radius 3 is 2.65 bits per heavy atom. The Balaban J connectivity index is 1.49. The Hall–Kier alpha value is -2.15. The molecular weight excluding hydrogens is 317 g/mol. The van der Waals surface area contributed by atoms with Gasteiger partial charge in [-0.15, -0.1) is 11.8 Å². The zero-order valence-corrected chi connectivity index (χ0v) is 13.5. The predicted octanol–water partition coefficient (Wildman–Crippen LogP) is 3.78. The lowest BCUT2D eigenvalue weighted by Crippen LogP contribution is -1.91. The molecular formula is C16H16FN3O2S. The lowest BCUT2D eigenvalue weighted by atomic mass is 10.1. The van der Waals surface area contributed by atoms with Crippen molar-refractivity contribution in [2.45, 2.75) is 31.3 Å². The molecule has 0 aliphatic carbocycles. The van der Waals surface area contributed by atoms with Crippen LogP contribution < -0.4 is 0 Å². The highest BCUT2D eigenvalue weighted by Gasteiger charge is 2.09. The van der Waals surface area contributed by atoms with Crippen molar-refractivity contribution < 1.29 is 13.3 Å². The molecule has 23 heavy (non-hydrogen) atoms. The molecule has 0 bridgehead atoms. The number of nitrogens with zero attached hydrogens (tertiary/aromatic N) is 3. The van der Waals surface area contributed by atoms with Crippen molar-refractivity contribution in [1.82, 2.24) is 15.1 Å². The minimum atomic E-state index is -0.253. The molecule has 1 aromatic carbocycles. The van der Waals surface area contributed by atoms with Crippen molar-refractivity contribution in [3.63, 3.8) is 0 Å². The third-order valence-corrected chi connectivity index (χ3v) is 4.09. The van der Waals surface area contributed by atoms with Crippen LogP contribution in [0.4, 0.5) is 4.39 Å². The first kappa shape index (κ1) is 15.7. The Morgan fingerprint density at radius 2 is 1.91 bits per heavy atom. The van der Waals surface area contributed by atoms with Gasteiger partial charge in [0.1, 0.15) is 11.6 Å². The Labute approximate surface area is 137 Å². The highest BCUT2D eigenvalue weighted by atomic mass is 32.2. The van der Waals surface area contributed by atoms with Crippen LogP contribution in [-0.4, -0.2) is 15.1 Å². The molecule has 0 atom stereocenters. The number of hydrogen-bond acceptors (Lipinski definition) is 6. The second kappa shape index (κ2) is 7.41. The molecule has 2 heterocycles. The number of halogens is 1. The second-order valence-corrected chi connectivity index (χ2v) is 5.96. The summed E-state index contributed by atoms with van der Waals surface area (Å²) < 4.78 is 23.6. The summed E-state index contributed by atoms with van der Waals surface area (Å²) in [5.41, 5.74) is 0.943. The fourth-order valence-corrected chi connectivity index (χ4v) is 2.71. The van der Waals surface area contributed by atoms with Gasteiger partial charge >= 0.3 is 0 Å². The Bertz CT molecular complexity index is 755. The van der Waals surface area contributed by atoms with Crippen molar-refractivity contribution >= 4 is 11.8 Å². The van der Waals surface area contributed by atoms with Gasteiger partial charge < -0.3 is 8.94 Å². The largest absolute Gasteiger partial charge is 0.445 e. The van der Waals surface area contributed by atoms with Crippen LogP contribution in [0, 0.1) is 5.82 Å². The van der Waals surface area contributed by atoms with Crippen LogP contribution >= 0.6 is 11.8 Å². The molecule has 0 aliphatic heterocycles. The maximum Gasteiger partial charge on any atom is 0.236 e. The van der Waals surface area contributed by atoms with Gasteiger partial charge in [-0.3, -0.25) is 0 Å². The van der Waals surface area contributed by atoms with Crippen molar-refractivity contribution in [1.29, 1.82) is 0 Å². The monoisotopic (exact) mass is 333 g/mol. The van der Waals surface area contributed by atoms with Crippen LogP contribution in [0.25, 0.3) is 0 Å². The zero-order valence-electron chi connectivity index (χ0n) is 12.7. The Morgan fingerprint density at radius 1 is 1.13 bits per heavy atom. The number of rotatable bonds is 7. The third kappa shape index (κ3) is 4.41. The van der Waals surface area contributed by atoms with E-state index in [9.17, 15) is 4.39 Å². The Kier molecular flexibility index (Phi) is 5.07. The molecule has 0 spiro atoms. The van der Waals surface area contributed by atoms with Crippen LogP contribution in [0.5, 0.6) is 0 Å². The van der Waals surface area contributed by atoms with Crippen molar-refractivity contribution in [2.24, 2.45) is 0 Å². The summed E-state index contributed by atoms with van der Waals surface area (Å²) in [5, 5.41) is 3.94. The first-order chi connectivity index (χ1) is 11.2. The predicted molar refractivity (Wildman–Crippen MR) is 84.4 cm³/mol. The first-order valence-electron chi connectivity index (χ1n) is 7.30. The van der Waals surface area contributed by atoms with Gasteiger partial charge in [-0.25, -0.2) is 9.37 Å². The van der Waals surface area contributed by atoms with E-state index >= 15 is 0 Å². The number of aromatic nitrogens is 3. The van der Waals surface area contributed by atoms with Crippen molar-refractivity contribution in [3.8, 4) is 0 Å². The molecule has 0 amide bonds. The van der Waals surface area contributed by atoms with E-state index in [0.29, 0.717) is 35.5 Å². The van der Waals surface area contributed by atoms with E-state index in [2.05, 4.69) is 15.1 Å². The lowest BCUT2D eigenvalue weighted by Gasteiger charge is -1.95. The molecule has 120 valence electrons. The fourth-order valence-electron chi connectivity index (χ4n) is 2.01. The molecule has 2 aromatic heterocycles. The molecule has 0 saturated carbocycles. The number of oxazole rings is 1. The van der Waals surface area contributed by atoms with E-state index in [1.165, 1.54) is 12.1 Å². The van der Waals surface area contributed by atoms with E-state index in [4.69, 9.17) is 8.94 Å². The average molecular weight is 333 g/mol. The summed E-state index contributed by atoms with van der Waals surface area (Å²) in [4.78, 5) is 8.54. The van der Waals surface area contributed by atoms with E-state index < -0.39 is 0 Å². The molecule has 0 fully saturated rings.